The van der Waals surface area contributed by atoms with E-state index in [1.165, 1.54) is 41.8 Å². The minimum atomic E-state index is -4.70. The number of nitrogens with one attached hydrogen (secondary N) is 2. The molecule has 2 aromatic carbocycles. The smallest absolute Gasteiger partial charge is 0.321 e. The van der Waals surface area contributed by atoms with E-state index in [4.69, 9.17) is 0 Å². The van der Waals surface area contributed by atoms with Crippen LogP contribution in [0, 0.1) is 5.92 Å². The predicted octanol–water partition coefficient (Wildman–Crippen LogP) is 3.94. The number of benzene rings is 2. The standard InChI is InChI=1S/C22H21F3N4O3S/c23-22(24,25)14-27-33(31,32)20-4-2-1-3-18(20)28-21(30)10-8-15-7-9-19-17(11-15)12-26-29(19)13-16-5-6-16/h1-4,7-12,16,27H,5-6,13-14H2,(H,28,30)/b10-8+. The Morgan fingerprint density at radius 3 is 2.67 bits per heavy atom. The first-order valence-electron chi connectivity index (χ1n) is 10.2. The molecule has 1 aliphatic carbocycles. The Morgan fingerprint density at radius 2 is 1.94 bits per heavy atom. The summed E-state index contributed by atoms with van der Waals surface area (Å²) in [6, 6.07) is 10.9. The van der Waals surface area contributed by atoms with Crippen molar-refractivity contribution in [2.45, 2.75) is 30.5 Å². The molecule has 1 fully saturated rings. The Balaban J connectivity index is 1.45. The number of hydrogen-bond donors (Lipinski definition) is 2. The van der Waals surface area contributed by atoms with Crippen LogP contribution in [0.4, 0.5) is 18.9 Å². The van der Waals surface area contributed by atoms with Crippen molar-refractivity contribution < 1.29 is 26.4 Å². The van der Waals surface area contributed by atoms with Crippen molar-refractivity contribution in [1.82, 2.24) is 14.5 Å². The number of rotatable bonds is 8. The number of aromatic nitrogens is 2. The van der Waals surface area contributed by atoms with Gasteiger partial charge in [0.2, 0.25) is 15.9 Å². The van der Waals surface area contributed by atoms with Crippen molar-refractivity contribution in [3.05, 3.63) is 60.3 Å². The molecule has 2 N–H and O–H groups in total. The molecule has 33 heavy (non-hydrogen) atoms. The summed E-state index contributed by atoms with van der Waals surface area (Å²) in [7, 11) is -4.48. The fraction of sp³-hybridized carbons (Fsp3) is 0.273. The Labute approximate surface area is 188 Å². The summed E-state index contributed by atoms with van der Waals surface area (Å²) >= 11 is 0. The molecule has 1 heterocycles. The zero-order valence-electron chi connectivity index (χ0n) is 17.3. The molecular formula is C22H21F3N4O3S. The molecule has 0 bridgehead atoms. The minimum Gasteiger partial charge on any atom is -0.321 e. The average Bonchev–Trinajstić information content (AvgIpc) is 3.49. The van der Waals surface area contributed by atoms with Gasteiger partial charge in [-0.1, -0.05) is 18.2 Å². The molecule has 0 unspecified atom stereocenters. The number of hydrogen-bond acceptors (Lipinski definition) is 4. The lowest BCUT2D eigenvalue weighted by Gasteiger charge is -2.13. The number of carbonyl (C=O) groups is 1. The molecule has 174 valence electrons. The normalized spacial score (nSPS) is 14.8. The molecule has 4 rings (SSSR count). The number of alkyl halides is 3. The maximum Gasteiger partial charge on any atom is 0.402 e. The number of para-hydroxylation sites is 1. The van der Waals surface area contributed by atoms with Gasteiger partial charge in [-0.2, -0.15) is 18.3 Å². The zero-order valence-corrected chi connectivity index (χ0v) is 18.2. The third kappa shape index (κ3) is 5.99. The fourth-order valence-corrected chi connectivity index (χ4v) is 4.48. The van der Waals surface area contributed by atoms with E-state index in [9.17, 15) is 26.4 Å². The van der Waals surface area contributed by atoms with Crippen molar-refractivity contribution in [2.75, 3.05) is 11.9 Å². The lowest BCUT2D eigenvalue weighted by Crippen LogP contribution is -2.34. The molecule has 1 amide bonds. The Morgan fingerprint density at radius 1 is 1.18 bits per heavy atom. The molecule has 0 radical (unpaired) electrons. The maximum absolute atomic E-state index is 12.4. The third-order valence-corrected chi connectivity index (χ3v) is 6.58. The zero-order chi connectivity index (χ0) is 23.6. The highest BCUT2D eigenvalue weighted by atomic mass is 32.2. The van der Waals surface area contributed by atoms with Gasteiger partial charge in [-0.05, 0) is 54.7 Å². The quantitative estimate of drug-likeness (QED) is 0.480. The minimum absolute atomic E-state index is 0.126. The van der Waals surface area contributed by atoms with Crippen LogP contribution in [0.15, 0.2) is 59.6 Å². The summed E-state index contributed by atoms with van der Waals surface area (Å²) < 4.78 is 65.3. The van der Waals surface area contributed by atoms with Crippen LogP contribution in [0.25, 0.3) is 17.0 Å². The molecule has 3 aromatic rings. The summed E-state index contributed by atoms with van der Waals surface area (Å²) in [4.78, 5) is 11.9. The Bertz CT molecular complexity index is 1310. The first kappa shape index (κ1) is 23.0. The van der Waals surface area contributed by atoms with Crippen LogP contribution in [0.5, 0.6) is 0 Å². The third-order valence-electron chi connectivity index (χ3n) is 5.12. The van der Waals surface area contributed by atoms with Gasteiger partial charge in [-0.25, -0.2) is 13.1 Å². The first-order valence-corrected chi connectivity index (χ1v) is 11.7. The van der Waals surface area contributed by atoms with Crippen LogP contribution >= 0.6 is 0 Å². The van der Waals surface area contributed by atoms with Gasteiger partial charge in [0.1, 0.15) is 11.4 Å². The number of nitrogens with zero attached hydrogens (tertiary/aromatic N) is 2. The van der Waals surface area contributed by atoms with E-state index in [0.29, 0.717) is 5.92 Å². The SMILES string of the molecule is O=C(/C=C/c1ccc2c(cnn2CC2CC2)c1)Nc1ccccc1S(=O)(=O)NCC(F)(F)F. The highest BCUT2D eigenvalue weighted by Gasteiger charge is 2.31. The molecule has 0 atom stereocenters. The molecule has 1 aromatic heterocycles. The van der Waals surface area contributed by atoms with Crippen LogP contribution < -0.4 is 10.0 Å². The first-order chi connectivity index (χ1) is 15.6. The van der Waals surface area contributed by atoms with E-state index >= 15 is 0 Å². The second-order valence-electron chi connectivity index (χ2n) is 7.85. The van der Waals surface area contributed by atoms with Gasteiger partial charge in [0.25, 0.3) is 0 Å². The van der Waals surface area contributed by atoms with Crippen LogP contribution in [-0.2, 0) is 21.4 Å². The van der Waals surface area contributed by atoms with Crippen LogP contribution in [0.3, 0.4) is 0 Å². The lowest BCUT2D eigenvalue weighted by molar-refractivity contribution is -0.121. The number of sulfonamides is 1. The summed E-state index contributed by atoms with van der Waals surface area (Å²) in [6.07, 6.45) is 2.29. The van der Waals surface area contributed by atoms with Gasteiger partial charge in [0.15, 0.2) is 0 Å². The Hall–Kier alpha value is -3.18. The van der Waals surface area contributed by atoms with Gasteiger partial charge in [-0.3, -0.25) is 9.48 Å². The van der Waals surface area contributed by atoms with E-state index in [-0.39, 0.29) is 5.69 Å². The largest absolute Gasteiger partial charge is 0.402 e. The van der Waals surface area contributed by atoms with E-state index in [2.05, 4.69) is 10.4 Å². The molecule has 11 heteroatoms. The number of halogens is 3. The molecule has 0 aliphatic heterocycles. The van der Waals surface area contributed by atoms with Crippen LogP contribution in [0.1, 0.15) is 18.4 Å². The summed E-state index contributed by atoms with van der Waals surface area (Å²) in [5.74, 6) is 0.0599. The fourth-order valence-electron chi connectivity index (χ4n) is 3.30. The number of anilines is 1. The summed E-state index contributed by atoms with van der Waals surface area (Å²) in [5.41, 5.74) is 1.63. The van der Waals surface area contributed by atoms with Crippen molar-refractivity contribution in [3.63, 3.8) is 0 Å². The van der Waals surface area contributed by atoms with Gasteiger partial charge in [0, 0.05) is 18.0 Å². The monoisotopic (exact) mass is 478 g/mol. The highest BCUT2D eigenvalue weighted by molar-refractivity contribution is 7.89. The molecule has 1 aliphatic rings. The second-order valence-corrected chi connectivity index (χ2v) is 9.58. The van der Waals surface area contributed by atoms with E-state index in [1.807, 2.05) is 22.9 Å². The molecule has 1 saturated carbocycles. The van der Waals surface area contributed by atoms with E-state index in [0.717, 1.165) is 29.1 Å². The molecular weight excluding hydrogens is 457 g/mol. The van der Waals surface area contributed by atoms with Crippen LogP contribution in [0.2, 0.25) is 0 Å². The number of carbonyl (C=O) groups excluding carboxylic acids is 1. The topological polar surface area (TPSA) is 93.1 Å². The molecule has 0 saturated heterocycles. The van der Waals surface area contributed by atoms with E-state index < -0.39 is 33.5 Å². The van der Waals surface area contributed by atoms with Gasteiger partial charge in [-0.15, -0.1) is 0 Å². The highest BCUT2D eigenvalue weighted by Crippen LogP contribution is 2.31. The second kappa shape index (κ2) is 8.99. The van der Waals surface area contributed by atoms with Crippen molar-refractivity contribution >= 4 is 38.6 Å². The Kier molecular flexibility index (Phi) is 6.26. The van der Waals surface area contributed by atoms with Crippen LogP contribution in [-0.4, -0.2) is 36.8 Å². The molecule has 7 nitrogen and oxygen atoms in total. The summed E-state index contributed by atoms with van der Waals surface area (Å²) in [6.45, 7) is -0.821. The van der Waals surface area contributed by atoms with E-state index in [1.54, 1.807) is 12.3 Å². The van der Waals surface area contributed by atoms with Gasteiger partial charge in [0.05, 0.1) is 17.4 Å². The number of fused-ring (bicyclic) bond motifs is 1. The lowest BCUT2D eigenvalue weighted by atomic mass is 10.1. The van der Waals surface area contributed by atoms with Crippen molar-refractivity contribution in [1.29, 1.82) is 0 Å². The average molecular weight is 478 g/mol. The van der Waals surface area contributed by atoms with Gasteiger partial charge < -0.3 is 5.32 Å². The maximum atomic E-state index is 12.4. The predicted molar refractivity (Wildman–Crippen MR) is 118 cm³/mol. The number of amides is 1. The van der Waals surface area contributed by atoms with Crippen molar-refractivity contribution in [2.24, 2.45) is 5.92 Å². The molecule has 0 spiro atoms. The van der Waals surface area contributed by atoms with Crippen molar-refractivity contribution in [3.8, 4) is 0 Å². The van der Waals surface area contributed by atoms with Gasteiger partial charge >= 0.3 is 6.18 Å². The summed E-state index contributed by atoms with van der Waals surface area (Å²) in [5, 5.41) is 7.76.